The minimum absolute atomic E-state index is 0.0212. The van der Waals surface area contributed by atoms with Gasteiger partial charge in [0.1, 0.15) is 0 Å². The van der Waals surface area contributed by atoms with Crippen molar-refractivity contribution >= 4 is 17.6 Å². The summed E-state index contributed by atoms with van der Waals surface area (Å²) in [5.41, 5.74) is 1.87. The number of aliphatic hydroxyl groups excluding tert-OH is 1. The summed E-state index contributed by atoms with van der Waals surface area (Å²) in [7, 11) is 0. The van der Waals surface area contributed by atoms with Crippen molar-refractivity contribution in [2.75, 3.05) is 6.54 Å². The van der Waals surface area contributed by atoms with Crippen LogP contribution in [0, 0.1) is 17.0 Å². The van der Waals surface area contributed by atoms with Gasteiger partial charge in [0, 0.05) is 23.6 Å². The van der Waals surface area contributed by atoms with Crippen molar-refractivity contribution in [3.63, 3.8) is 0 Å². The number of nitro benzene ring substituents is 1. The molecule has 0 heterocycles. The second-order valence-corrected chi connectivity index (χ2v) is 5.59. The number of aryl methyl sites for hydroxylation is 1. The summed E-state index contributed by atoms with van der Waals surface area (Å²) in [6.07, 6.45) is -0.705. The van der Waals surface area contributed by atoms with E-state index in [-0.39, 0.29) is 5.69 Å². The molecule has 0 radical (unpaired) electrons. The topological polar surface area (TPSA) is 75.4 Å². The molecule has 0 aliphatic rings. The Labute approximate surface area is 141 Å². The van der Waals surface area contributed by atoms with Crippen LogP contribution in [0.3, 0.4) is 0 Å². The zero-order valence-corrected chi connectivity index (χ0v) is 14.3. The molecular weight excluding hydrogens is 312 g/mol. The molecule has 2 aromatic carbocycles. The van der Waals surface area contributed by atoms with Gasteiger partial charge in [-0.15, -0.1) is 0 Å². The third-order valence-corrected chi connectivity index (χ3v) is 3.80. The molecular formula is C17H22N2O3S. The van der Waals surface area contributed by atoms with E-state index in [1.165, 1.54) is 29.6 Å². The quantitative estimate of drug-likeness (QED) is 0.469. The third-order valence-electron chi connectivity index (χ3n) is 2.98. The van der Waals surface area contributed by atoms with Gasteiger partial charge in [-0.3, -0.25) is 14.8 Å². The second kappa shape index (κ2) is 9.99. The van der Waals surface area contributed by atoms with E-state index in [9.17, 15) is 15.2 Å². The molecule has 0 aromatic heterocycles. The molecule has 1 atom stereocenters. The molecule has 0 saturated heterocycles. The Hall–Kier alpha value is -1.89. The lowest BCUT2D eigenvalue weighted by molar-refractivity contribution is -0.384. The lowest BCUT2D eigenvalue weighted by Crippen LogP contribution is -2.14. The van der Waals surface area contributed by atoms with Crippen molar-refractivity contribution in [2.45, 2.75) is 31.8 Å². The Morgan fingerprint density at radius 2 is 1.70 bits per heavy atom. The van der Waals surface area contributed by atoms with Crippen LogP contribution in [0.2, 0.25) is 0 Å². The fraction of sp³-hybridized carbons (Fsp3) is 0.294. The molecule has 0 fully saturated rings. The van der Waals surface area contributed by atoms with Gasteiger partial charge < -0.3 is 5.11 Å². The standard InChI is InChI=1S/C15H16N2O3S.C2H6/c1-11-2-8-14(9-3-11)21-16-10-15(18)12-4-6-13(7-5-12)17(19)20;1-2/h2-9,15-16,18H,10H2,1H3;1-2H3. The summed E-state index contributed by atoms with van der Waals surface area (Å²) >= 11 is 1.44. The zero-order valence-electron chi connectivity index (χ0n) is 13.5. The molecule has 124 valence electrons. The predicted molar refractivity (Wildman–Crippen MR) is 94.4 cm³/mol. The summed E-state index contributed by atoms with van der Waals surface area (Å²) in [4.78, 5) is 11.2. The first kappa shape index (κ1) is 19.2. The van der Waals surface area contributed by atoms with Gasteiger partial charge in [-0.2, -0.15) is 0 Å². The van der Waals surface area contributed by atoms with E-state index in [0.717, 1.165) is 4.90 Å². The SMILES string of the molecule is CC.Cc1ccc(SNCC(O)c2ccc([N+](=O)[O-])cc2)cc1. The van der Waals surface area contributed by atoms with Crippen molar-refractivity contribution in [1.29, 1.82) is 0 Å². The number of benzene rings is 2. The molecule has 0 saturated carbocycles. The first-order chi connectivity index (χ1) is 11.1. The monoisotopic (exact) mass is 334 g/mol. The Kier molecular flexibility index (Phi) is 8.32. The normalized spacial score (nSPS) is 11.3. The molecule has 0 aliphatic carbocycles. The van der Waals surface area contributed by atoms with Gasteiger partial charge in [-0.1, -0.05) is 31.5 Å². The van der Waals surface area contributed by atoms with Crippen molar-refractivity contribution in [3.05, 3.63) is 69.8 Å². The predicted octanol–water partition coefficient (Wildman–Crippen LogP) is 4.26. The average Bonchev–Trinajstić information content (AvgIpc) is 2.58. The molecule has 0 aliphatic heterocycles. The maximum Gasteiger partial charge on any atom is 0.269 e. The van der Waals surface area contributed by atoms with Gasteiger partial charge in [0.2, 0.25) is 0 Å². The lowest BCUT2D eigenvalue weighted by atomic mass is 10.1. The van der Waals surface area contributed by atoms with Crippen LogP contribution in [0.1, 0.15) is 31.1 Å². The fourth-order valence-electron chi connectivity index (χ4n) is 1.75. The van der Waals surface area contributed by atoms with Gasteiger partial charge in [0.25, 0.3) is 5.69 Å². The fourth-order valence-corrected chi connectivity index (χ4v) is 2.43. The minimum Gasteiger partial charge on any atom is -0.387 e. The number of rotatable bonds is 6. The first-order valence-electron chi connectivity index (χ1n) is 7.45. The Morgan fingerprint density at radius 3 is 2.22 bits per heavy atom. The first-order valence-corrected chi connectivity index (χ1v) is 8.26. The summed E-state index contributed by atoms with van der Waals surface area (Å²) in [6.45, 7) is 6.39. The minimum atomic E-state index is -0.705. The Morgan fingerprint density at radius 1 is 1.13 bits per heavy atom. The maximum absolute atomic E-state index is 10.6. The van der Waals surface area contributed by atoms with Crippen molar-refractivity contribution in [1.82, 2.24) is 4.72 Å². The smallest absolute Gasteiger partial charge is 0.269 e. The van der Waals surface area contributed by atoms with Crippen LogP contribution in [0.5, 0.6) is 0 Å². The van der Waals surface area contributed by atoms with Crippen molar-refractivity contribution < 1.29 is 10.0 Å². The van der Waals surface area contributed by atoms with Gasteiger partial charge in [0.05, 0.1) is 11.0 Å². The van der Waals surface area contributed by atoms with Crippen LogP contribution in [-0.4, -0.2) is 16.6 Å². The summed E-state index contributed by atoms with van der Waals surface area (Å²) in [5, 5.41) is 20.6. The van der Waals surface area contributed by atoms with Crippen LogP contribution in [0.15, 0.2) is 53.4 Å². The highest BCUT2D eigenvalue weighted by atomic mass is 32.2. The Bertz CT molecular complexity index is 600. The molecule has 5 nitrogen and oxygen atoms in total. The molecule has 6 heteroatoms. The molecule has 0 bridgehead atoms. The summed E-state index contributed by atoms with van der Waals surface area (Å²) in [5.74, 6) is 0. The number of aliphatic hydroxyl groups is 1. The molecule has 1 unspecified atom stereocenters. The van der Waals surface area contributed by atoms with E-state index in [0.29, 0.717) is 12.1 Å². The third kappa shape index (κ3) is 6.40. The number of nitrogens with zero attached hydrogens (tertiary/aromatic N) is 1. The van der Waals surface area contributed by atoms with Crippen LogP contribution in [0.25, 0.3) is 0 Å². The van der Waals surface area contributed by atoms with Gasteiger partial charge in [-0.25, -0.2) is 0 Å². The van der Waals surface area contributed by atoms with E-state index in [1.807, 2.05) is 45.0 Å². The molecule has 2 aromatic rings. The average molecular weight is 334 g/mol. The number of non-ortho nitro benzene ring substituents is 1. The van der Waals surface area contributed by atoms with Crippen molar-refractivity contribution in [3.8, 4) is 0 Å². The lowest BCUT2D eigenvalue weighted by Gasteiger charge is -2.11. The van der Waals surface area contributed by atoms with Crippen LogP contribution >= 0.6 is 11.9 Å². The number of nitro groups is 1. The second-order valence-electron chi connectivity index (χ2n) is 4.63. The van der Waals surface area contributed by atoms with E-state index in [2.05, 4.69) is 4.72 Å². The van der Waals surface area contributed by atoms with Crippen LogP contribution in [0.4, 0.5) is 5.69 Å². The van der Waals surface area contributed by atoms with E-state index in [1.54, 1.807) is 12.1 Å². The molecule has 2 rings (SSSR count). The Balaban J connectivity index is 0.00000127. The van der Waals surface area contributed by atoms with Gasteiger partial charge in [-0.05, 0) is 48.7 Å². The van der Waals surface area contributed by atoms with Crippen molar-refractivity contribution in [2.24, 2.45) is 0 Å². The molecule has 0 amide bonds. The van der Waals surface area contributed by atoms with Crippen LogP contribution in [-0.2, 0) is 0 Å². The summed E-state index contributed by atoms with van der Waals surface area (Å²) < 4.78 is 3.09. The molecule has 2 N–H and O–H groups in total. The van der Waals surface area contributed by atoms with E-state index >= 15 is 0 Å². The van der Waals surface area contributed by atoms with Gasteiger partial charge in [0.15, 0.2) is 0 Å². The van der Waals surface area contributed by atoms with Crippen LogP contribution < -0.4 is 4.72 Å². The maximum atomic E-state index is 10.6. The highest BCUT2D eigenvalue weighted by Crippen LogP contribution is 2.19. The number of nitrogens with one attached hydrogen (secondary N) is 1. The highest BCUT2D eigenvalue weighted by molar-refractivity contribution is 7.97. The molecule has 0 spiro atoms. The molecule has 23 heavy (non-hydrogen) atoms. The number of hydrogen-bond donors (Lipinski definition) is 2. The highest BCUT2D eigenvalue weighted by Gasteiger charge is 2.10. The van der Waals surface area contributed by atoms with E-state index in [4.69, 9.17) is 0 Å². The van der Waals surface area contributed by atoms with Gasteiger partial charge >= 0.3 is 0 Å². The van der Waals surface area contributed by atoms with E-state index < -0.39 is 11.0 Å². The summed E-state index contributed by atoms with van der Waals surface area (Å²) in [6, 6.07) is 14.0. The number of hydrogen-bond acceptors (Lipinski definition) is 5. The largest absolute Gasteiger partial charge is 0.387 e. The zero-order chi connectivity index (χ0) is 17.2.